The fourth-order valence-electron chi connectivity index (χ4n) is 1.32. The van der Waals surface area contributed by atoms with E-state index in [1.807, 2.05) is 12.1 Å². The SMILES string of the molecule is FC(F)(F)CSc1ccccc1NC1CC1. The molecule has 2 rings (SSSR count). The number of anilines is 1. The molecule has 0 aromatic heterocycles. The summed E-state index contributed by atoms with van der Waals surface area (Å²) in [7, 11) is 0. The van der Waals surface area contributed by atoms with Crippen LogP contribution < -0.4 is 5.32 Å². The number of thioether (sulfide) groups is 1. The van der Waals surface area contributed by atoms with Crippen LogP contribution in [0.2, 0.25) is 0 Å². The van der Waals surface area contributed by atoms with Gasteiger partial charge in [-0.05, 0) is 25.0 Å². The number of halogens is 3. The van der Waals surface area contributed by atoms with E-state index in [-0.39, 0.29) is 0 Å². The van der Waals surface area contributed by atoms with Gasteiger partial charge in [0, 0.05) is 16.6 Å². The van der Waals surface area contributed by atoms with E-state index in [1.54, 1.807) is 12.1 Å². The summed E-state index contributed by atoms with van der Waals surface area (Å²) < 4.78 is 36.3. The van der Waals surface area contributed by atoms with E-state index < -0.39 is 11.9 Å². The van der Waals surface area contributed by atoms with Gasteiger partial charge in [-0.3, -0.25) is 0 Å². The Labute approximate surface area is 96.4 Å². The highest BCUT2D eigenvalue weighted by Crippen LogP contribution is 2.34. The molecule has 0 bridgehead atoms. The van der Waals surface area contributed by atoms with Gasteiger partial charge in [-0.1, -0.05) is 12.1 Å². The van der Waals surface area contributed by atoms with Crippen LogP contribution in [0.4, 0.5) is 18.9 Å². The minimum atomic E-state index is -4.11. The van der Waals surface area contributed by atoms with E-state index in [0.717, 1.165) is 30.3 Å². The average molecular weight is 247 g/mol. The summed E-state index contributed by atoms with van der Waals surface area (Å²) in [5.41, 5.74) is 0.819. The fraction of sp³-hybridized carbons (Fsp3) is 0.455. The van der Waals surface area contributed by atoms with Crippen molar-refractivity contribution in [2.75, 3.05) is 11.1 Å². The van der Waals surface area contributed by atoms with Gasteiger partial charge in [0.05, 0.1) is 5.75 Å². The molecule has 0 heterocycles. The summed E-state index contributed by atoms with van der Waals surface area (Å²) in [6.45, 7) is 0. The van der Waals surface area contributed by atoms with Crippen LogP contribution in [0.1, 0.15) is 12.8 Å². The summed E-state index contributed by atoms with van der Waals surface area (Å²) in [5, 5.41) is 3.23. The monoisotopic (exact) mass is 247 g/mol. The first-order valence-electron chi connectivity index (χ1n) is 5.10. The smallest absolute Gasteiger partial charge is 0.381 e. The van der Waals surface area contributed by atoms with Crippen LogP contribution in [0.3, 0.4) is 0 Å². The van der Waals surface area contributed by atoms with Crippen LogP contribution in [-0.2, 0) is 0 Å². The zero-order chi connectivity index (χ0) is 11.6. The van der Waals surface area contributed by atoms with Crippen molar-refractivity contribution in [3.63, 3.8) is 0 Å². The van der Waals surface area contributed by atoms with Crippen LogP contribution in [0.25, 0.3) is 0 Å². The first-order chi connectivity index (χ1) is 7.54. The van der Waals surface area contributed by atoms with Crippen molar-refractivity contribution < 1.29 is 13.2 Å². The van der Waals surface area contributed by atoms with Gasteiger partial charge in [0.2, 0.25) is 0 Å². The first kappa shape index (κ1) is 11.6. The zero-order valence-corrected chi connectivity index (χ0v) is 9.37. The van der Waals surface area contributed by atoms with Crippen molar-refractivity contribution in [2.45, 2.75) is 30.0 Å². The minimum absolute atomic E-state index is 0.452. The van der Waals surface area contributed by atoms with Crippen molar-refractivity contribution >= 4 is 17.4 Å². The van der Waals surface area contributed by atoms with Gasteiger partial charge in [0.25, 0.3) is 0 Å². The lowest BCUT2D eigenvalue weighted by molar-refractivity contribution is -0.105. The number of benzene rings is 1. The van der Waals surface area contributed by atoms with Gasteiger partial charge in [-0.15, -0.1) is 11.8 Å². The average Bonchev–Trinajstić information content (AvgIpc) is 2.99. The Morgan fingerprint density at radius 1 is 1.25 bits per heavy atom. The molecule has 1 saturated carbocycles. The second kappa shape index (κ2) is 4.57. The van der Waals surface area contributed by atoms with Crippen molar-refractivity contribution in [3.8, 4) is 0 Å². The van der Waals surface area contributed by atoms with Crippen LogP contribution in [0.5, 0.6) is 0 Å². The molecule has 1 aliphatic rings. The highest BCUT2D eigenvalue weighted by atomic mass is 32.2. The molecule has 1 aromatic rings. The van der Waals surface area contributed by atoms with E-state index in [9.17, 15) is 13.2 Å². The van der Waals surface area contributed by atoms with Crippen LogP contribution >= 0.6 is 11.8 Å². The number of hydrogen-bond acceptors (Lipinski definition) is 2. The summed E-state index contributed by atoms with van der Waals surface area (Å²) in [4.78, 5) is 0.673. The Kier molecular flexibility index (Phi) is 3.33. The second-order valence-electron chi connectivity index (χ2n) is 3.82. The van der Waals surface area contributed by atoms with Crippen molar-refractivity contribution in [2.24, 2.45) is 0 Å². The molecule has 0 saturated heterocycles. The summed E-state index contributed by atoms with van der Waals surface area (Å²) in [6, 6.07) is 7.60. The highest BCUT2D eigenvalue weighted by Gasteiger charge is 2.28. The third-order valence-corrected chi connectivity index (χ3v) is 3.35. The Hall–Kier alpha value is -0.840. The van der Waals surface area contributed by atoms with E-state index in [0.29, 0.717) is 10.9 Å². The van der Waals surface area contributed by atoms with Crippen LogP contribution in [0, 0.1) is 0 Å². The maximum absolute atomic E-state index is 12.1. The Morgan fingerprint density at radius 3 is 2.56 bits per heavy atom. The molecule has 1 aliphatic carbocycles. The predicted octanol–water partition coefficient (Wildman–Crippen LogP) is 3.92. The topological polar surface area (TPSA) is 12.0 Å². The summed E-state index contributed by atoms with van der Waals surface area (Å²) in [6.07, 6.45) is -1.89. The number of nitrogens with one attached hydrogen (secondary N) is 1. The largest absolute Gasteiger partial charge is 0.398 e. The van der Waals surface area contributed by atoms with Crippen LogP contribution in [-0.4, -0.2) is 18.0 Å². The number of alkyl halides is 3. The minimum Gasteiger partial charge on any atom is -0.381 e. The maximum Gasteiger partial charge on any atom is 0.398 e. The molecule has 0 unspecified atom stereocenters. The second-order valence-corrected chi connectivity index (χ2v) is 4.84. The van der Waals surface area contributed by atoms with E-state index in [1.165, 1.54) is 0 Å². The molecule has 0 atom stereocenters. The standard InChI is InChI=1S/C11H12F3NS/c12-11(13,14)7-16-10-4-2-1-3-9(10)15-8-5-6-8/h1-4,8,15H,5-7H2. The Bertz CT molecular complexity index is 360. The van der Waals surface area contributed by atoms with E-state index in [4.69, 9.17) is 0 Å². The molecule has 16 heavy (non-hydrogen) atoms. The lowest BCUT2D eigenvalue weighted by Gasteiger charge is -2.11. The van der Waals surface area contributed by atoms with Crippen molar-refractivity contribution in [1.29, 1.82) is 0 Å². The molecule has 88 valence electrons. The summed E-state index contributed by atoms with van der Waals surface area (Å²) in [5.74, 6) is -0.837. The third kappa shape index (κ3) is 3.63. The van der Waals surface area contributed by atoms with Gasteiger partial charge in [-0.2, -0.15) is 13.2 Å². The molecule has 1 aromatic carbocycles. The lowest BCUT2D eigenvalue weighted by Crippen LogP contribution is -2.11. The van der Waals surface area contributed by atoms with Gasteiger partial charge < -0.3 is 5.32 Å². The molecule has 0 spiro atoms. The van der Waals surface area contributed by atoms with Gasteiger partial charge in [-0.25, -0.2) is 0 Å². The lowest BCUT2D eigenvalue weighted by atomic mass is 10.3. The van der Waals surface area contributed by atoms with E-state index >= 15 is 0 Å². The number of hydrogen-bond donors (Lipinski definition) is 1. The number of para-hydroxylation sites is 1. The molecule has 0 radical (unpaired) electrons. The molecule has 0 amide bonds. The third-order valence-electron chi connectivity index (χ3n) is 2.22. The van der Waals surface area contributed by atoms with Gasteiger partial charge in [0.15, 0.2) is 0 Å². The molecule has 1 fully saturated rings. The van der Waals surface area contributed by atoms with Gasteiger partial charge in [0.1, 0.15) is 0 Å². The van der Waals surface area contributed by atoms with E-state index in [2.05, 4.69) is 5.32 Å². The van der Waals surface area contributed by atoms with Crippen LogP contribution in [0.15, 0.2) is 29.2 Å². The predicted molar refractivity (Wildman–Crippen MR) is 59.9 cm³/mol. The fourth-order valence-corrected chi connectivity index (χ4v) is 2.10. The number of rotatable bonds is 4. The Morgan fingerprint density at radius 2 is 1.94 bits per heavy atom. The molecule has 1 N–H and O–H groups in total. The molecule has 5 heteroatoms. The summed E-state index contributed by atoms with van der Waals surface area (Å²) >= 11 is 0.836. The molecule has 0 aliphatic heterocycles. The van der Waals surface area contributed by atoms with Crippen molar-refractivity contribution in [1.82, 2.24) is 0 Å². The highest BCUT2D eigenvalue weighted by molar-refractivity contribution is 7.99. The zero-order valence-electron chi connectivity index (χ0n) is 8.55. The molecular weight excluding hydrogens is 235 g/mol. The van der Waals surface area contributed by atoms with Gasteiger partial charge >= 0.3 is 6.18 Å². The quantitative estimate of drug-likeness (QED) is 0.809. The van der Waals surface area contributed by atoms with Crippen molar-refractivity contribution in [3.05, 3.63) is 24.3 Å². The molecular formula is C11H12F3NS. The maximum atomic E-state index is 12.1. The Balaban J connectivity index is 2.00. The first-order valence-corrected chi connectivity index (χ1v) is 6.08. The molecule has 1 nitrogen and oxygen atoms in total. The normalized spacial score (nSPS) is 16.2.